The molecule has 1 aromatic heterocycles. The minimum absolute atomic E-state index is 0.268. The van der Waals surface area contributed by atoms with E-state index < -0.39 is 0 Å². The van der Waals surface area contributed by atoms with Gasteiger partial charge in [0.25, 0.3) is 5.91 Å². The number of nitrogens with one attached hydrogen (secondary N) is 3. The number of rotatable bonds is 7. The molecule has 9 heteroatoms. The highest BCUT2D eigenvalue weighted by Crippen LogP contribution is 2.28. The number of ether oxygens (including phenoxy) is 2. The van der Waals surface area contributed by atoms with Crippen LogP contribution < -0.4 is 25.4 Å². The lowest BCUT2D eigenvalue weighted by atomic mass is 10.1. The molecule has 0 spiro atoms. The number of anilines is 1. The predicted octanol–water partition coefficient (Wildman–Crippen LogP) is 4.53. The Morgan fingerprint density at radius 2 is 1.84 bits per heavy atom. The summed E-state index contributed by atoms with van der Waals surface area (Å²) in [5.41, 5.74) is 2.60. The third-order valence-electron chi connectivity index (χ3n) is 4.59. The molecule has 0 aliphatic heterocycles. The number of aromatic nitrogens is 1. The molecular formula is C23H23ClN4O4. The number of pyridine rings is 1. The molecule has 8 nitrogen and oxygen atoms in total. The number of amides is 3. The van der Waals surface area contributed by atoms with Crippen LogP contribution in [-0.4, -0.2) is 31.1 Å². The number of aryl methyl sites for hydroxylation is 1. The third-order valence-corrected chi connectivity index (χ3v) is 4.83. The molecule has 0 unspecified atom stereocenters. The molecule has 32 heavy (non-hydrogen) atoms. The normalized spacial score (nSPS) is 10.2. The van der Waals surface area contributed by atoms with Gasteiger partial charge in [-0.2, -0.15) is 0 Å². The van der Waals surface area contributed by atoms with Gasteiger partial charge in [-0.1, -0.05) is 17.7 Å². The smallest absolute Gasteiger partial charge is 0.319 e. The monoisotopic (exact) mass is 454 g/mol. The largest absolute Gasteiger partial charge is 0.495 e. The van der Waals surface area contributed by atoms with Crippen LogP contribution in [0.25, 0.3) is 0 Å². The van der Waals surface area contributed by atoms with Gasteiger partial charge in [0.15, 0.2) is 0 Å². The Morgan fingerprint density at radius 1 is 1.06 bits per heavy atom. The molecule has 0 radical (unpaired) electrons. The summed E-state index contributed by atoms with van der Waals surface area (Å²) in [5.74, 6) is 1.33. The van der Waals surface area contributed by atoms with Crippen molar-refractivity contribution in [2.45, 2.75) is 13.5 Å². The molecule has 0 saturated heterocycles. The first-order valence-corrected chi connectivity index (χ1v) is 10.1. The maximum Gasteiger partial charge on any atom is 0.319 e. The number of carbonyl (C=O) groups excluding carboxylic acids is 2. The SMILES string of the molecule is CNC(=O)c1cc(Oc2ccc(CNC(=O)Nc3cc(Cl)ccc3OC)c(C)c2)ccn1. The van der Waals surface area contributed by atoms with Crippen LogP contribution in [0.4, 0.5) is 10.5 Å². The van der Waals surface area contributed by atoms with Gasteiger partial charge < -0.3 is 25.4 Å². The number of nitrogens with zero attached hydrogens (tertiary/aromatic N) is 1. The maximum absolute atomic E-state index is 12.3. The summed E-state index contributed by atoms with van der Waals surface area (Å²) < 4.78 is 11.1. The Balaban J connectivity index is 1.62. The van der Waals surface area contributed by atoms with E-state index in [9.17, 15) is 9.59 Å². The highest BCUT2D eigenvalue weighted by Gasteiger charge is 2.10. The van der Waals surface area contributed by atoms with Crippen molar-refractivity contribution in [3.05, 3.63) is 76.6 Å². The van der Waals surface area contributed by atoms with Gasteiger partial charge in [0.1, 0.15) is 22.9 Å². The Morgan fingerprint density at radius 3 is 2.56 bits per heavy atom. The summed E-state index contributed by atoms with van der Waals surface area (Å²) in [6, 6.07) is 13.4. The fraction of sp³-hybridized carbons (Fsp3) is 0.174. The molecule has 2 aromatic carbocycles. The van der Waals surface area contributed by atoms with E-state index in [0.717, 1.165) is 11.1 Å². The molecular weight excluding hydrogens is 432 g/mol. The van der Waals surface area contributed by atoms with Crippen molar-refractivity contribution < 1.29 is 19.1 Å². The first-order chi connectivity index (χ1) is 15.4. The van der Waals surface area contributed by atoms with E-state index in [4.69, 9.17) is 21.1 Å². The molecule has 0 atom stereocenters. The van der Waals surface area contributed by atoms with E-state index >= 15 is 0 Å². The Kier molecular flexibility index (Phi) is 7.51. The predicted molar refractivity (Wildman–Crippen MR) is 123 cm³/mol. The first-order valence-electron chi connectivity index (χ1n) is 9.73. The van der Waals surface area contributed by atoms with Crippen molar-refractivity contribution in [1.29, 1.82) is 0 Å². The Hall–Kier alpha value is -3.78. The van der Waals surface area contributed by atoms with Gasteiger partial charge in [-0.3, -0.25) is 9.78 Å². The quantitative estimate of drug-likeness (QED) is 0.487. The number of methoxy groups -OCH3 is 1. The first kappa shape index (κ1) is 22.9. The number of hydrogen-bond donors (Lipinski definition) is 3. The van der Waals surface area contributed by atoms with Crippen LogP contribution in [0.5, 0.6) is 17.2 Å². The van der Waals surface area contributed by atoms with Gasteiger partial charge in [0.05, 0.1) is 12.8 Å². The van der Waals surface area contributed by atoms with Crippen LogP contribution >= 0.6 is 11.6 Å². The van der Waals surface area contributed by atoms with Gasteiger partial charge in [-0.05, 0) is 54.4 Å². The second-order valence-electron chi connectivity index (χ2n) is 6.80. The highest BCUT2D eigenvalue weighted by atomic mass is 35.5. The van der Waals surface area contributed by atoms with Crippen molar-refractivity contribution >= 4 is 29.2 Å². The van der Waals surface area contributed by atoms with Crippen LogP contribution in [0.15, 0.2) is 54.7 Å². The lowest BCUT2D eigenvalue weighted by Gasteiger charge is -2.13. The highest BCUT2D eigenvalue weighted by molar-refractivity contribution is 6.31. The standard InChI is InChI=1S/C23H23ClN4O4/c1-14-10-17(32-18-8-9-26-20(12-18)22(29)25-2)6-4-15(14)13-27-23(30)28-19-11-16(24)5-7-21(19)31-3/h4-12H,13H2,1-3H3,(H,25,29)(H2,27,28,30). The summed E-state index contributed by atoms with van der Waals surface area (Å²) in [4.78, 5) is 28.1. The molecule has 1 heterocycles. The average Bonchev–Trinajstić information content (AvgIpc) is 2.78. The van der Waals surface area contributed by atoms with Gasteiger partial charge >= 0.3 is 6.03 Å². The van der Waals surface area contributed by atoms with E-state index in [1.54, 1.807) is 43.4 Å². The number of hydrogen-bond acceptors (Lipinski definition) is 5. The van der Waals surface area contributed by atoms with Gasteiger partial charge in [-0.25, -0.2) is 4.79 Å². The molecule has 0 aliphatic rings. The van der Waals surface area contributed by atoms with E-state index in [1.807, 2.05) is 19.1 Å². The van der Waals surface area contributed by atoms with E-state index in [1.165, 1.54) is 13.3 Å². The zero-order valence-corrected chi connectivity index (χ0v) is 18.6. The van der Waals surface area contributed by atoms with Crippen LogP contribution in [0.1, 0.15) is 21.6 Å². The van der Waals surface area contributed by atoms with E-state index in [0.29, 0.717) is 34.5 Å². The van der Waals surface area contributed by atoms with Crippen molar-refractivity contribution in [2.75, 3.05) is 19.5 Å². The molecule has 0 bridgehead atoms. The zero-order chi connectivity index (χ0) is 23.1. The lowest BCUT2D eigenvalue weighted by Crippen LogP contribution is -2.28. The molecule has 3 amide bonds. The third kappa shape index (κ3) is 5.89. The van der Waals surface area contributed by atoms with Crippen molar-refractivity contribution in [2.24, 2.45) is 0 Å². The van der Waals surface area contributed by atoms with Crippen molar-refractivity contribution in [1.82, 2.24) is 15.6 Å². The Bertz CT molecular complexity index is 1140. The fourth-order valence-electron chi connectivity index (χ4n) is 2.91. The lowest BCUT2D eigenvalue weighted by molar-refractivity contribution is 0.0958. The van der Waals surface area contributed by atoms with Crippen molar-refractivity contribution in [3.8, 4) is 17.2 Å². The van der Waals surface area contributed by atoms with Crippen molar-refractivity contribution in [3.63, 3.8) is 0 Å². The molecule has 166 valence electrons. The molecule has 0 saturated carbocycles. The van der Waals surface area contributed by atoms with E-state index in [2.05, 4.69) is 20.9 Å². The minimum Gasteiger partial charge on any atom is -0.495 e. The van der Waals surface area contributed by atoms with E-state index in [-0.39, 0.29) is 17.6 Å². The second-order valence-corrected chi connectivity index (χ2v) is 7.23. The van der Waals surface area contributed by atoms with Gasteiger partial charge in [0.2, 0.25) is 0 Å². The molecule has 3 N–H and O–H groups in total. The maximum atomic E-state index is 12.3. The number of urea groups is 1. The van der Waals surface area contributed by atoms with Gasteiger partial charge in [0, 0.05) is 30.9 Å². The molecule has 3 rings (SSSR count). The number of halogens is 1. The molecule has 0 fully saturated rings. The minimum atomic E-state index is -0.385. The number of carbonyl (C=O) groups is 2. The van der Waals surface area contributed by atoms with Crippen LogP contribution in [0, 0.1) is 6.92 Å². The van der Waals surface area contributed by atoms with Crippen LogP contribution in [-0.2, 0) is 6.54 Å². The summed E-state index contributed by atoms with van der Waals surface area (Å²) in [7, 11) is 3.06. The fourth-order valence-corrected chi connectivity index (χ4v) is 3.09. The topological polar surface area (TPSA) is 102 Å². The van der Waals surface area contributed by atoms with Gasteiger partial charge in [-0.15, -0.1) is 0 Å². The summed E-state index contributed by atoms with van der Waals surface area (Å²) in [5, 5.41) is 8.56. The molecule has 3 aromatic rings. The zero-order valence-electron chi connectivity index (χ0n) is 17.9. The van der Waals surface area contributed by atoms with Crippen LogP contribution in [0.2, 0.25) is 5.02 Å². The summed E-state index contributed by atoms with van der Waals surface area (Å²) in [6.45, 7) is 2.24. The van der Waals surface area contributed by atoms with Crippen LogP contribution in [0.3, 0.4) is 0 Å². The average molecular weight is 455 g/mol. The summed E-state index contributed by atoms with van der Waals surface area (Å²) in [6.07, 6.45) is 1.51. The Labute approximate surface area is 190 Å². The summed E-state index contributed by atoms with van der Waals surface area (Å²) >= 11 is 5.99. The molecule has 0 aliphatic carbocycles. The number of benzene rings is 2. The second kappa shape index (κ2) is 10.5.